The molecule has 0 atom stereocenters. The molecular weight excluding hydrogens is 334 g/mol. The number of hydrogen-bond acceptors (Lipinski definition) is 5. The molecule has 4 rings (SSSR count). The fourth-order valence-electron chi connectivity index (χ4n) is 3.61. The van der Waals surface area contributed by atoms with Crippen LogP contribution in [0, 0.1) is 0 Å². The second-order valence-electron chi connectivity index (χ2n) is 6.46. The van der Waals surface area contributed by atoms with E-state index in [-0.39, 0.29) is 0 Å². The number of thiophene rings is 1. The quantitative estimate of drug-likeness (QED) is 0.427. The lowest BCUT2D eigenvalue weighted by atomic mass is 10.0. The molecule has 1 aliphatic carbocycles. The minimum atomic E-state index is 1.10. The van der Waals surface area contributed by atoms with Gasteiger partial charge in [-0.2, -0.15) is 0 Å². The third kappa shape index (κ3) is 2.72. The van der Waals surface area contributed by atoms with Crippen LogP contribution in [-0.2, 0) is 19.3 Å². The molecule has 126 valence electrons. The lowest BCUT2D eigenvalue weighted by Crippen LogP contribution is -1.98. The number of thioether (sulfide) groups is 1. The summed E-state index contributed by atoms with van der Waals surface area (Å²) in [5, 5.41) is 2.45. The van der Waals surface area contributed by atoms with Crippen LogP contribution in [0.15, 0.2) is 11.4 Å². The maximum Gasteiger partial charge on any atom is 0.126 e. The first-order valence-corrected chi connectivity index (χ1v) is 10.8. The Morgan fingerprint density at radius 2 is 2.00 bits per heavy atom. The summed E-state index contributed by atoms with van der Waals surface area (Å²) in [6, 6.07) is 0. The number of hydrogen-bond donors (Lipinski definition) is 0. The van der Waals surface area contributed by atoms with Crippen molar-refractivity contribution in [2.24, 2.45) is 0 Å². The molecule has 3 nitrogen and oxygen atoms in total. The standard InChI is InChI=1S/C19H23N3S2/c1-3-5-9-14-12-7-6-8-13(12)15-16-17(24-18(15)22-14)19(21-11-20-16)23-10-4-2/h11H,3-10H2,1-2H3. The molecule has 0 bridgehead atoms. The monoisotopic (exact) mass is 357 g/mol. The highest BCUT2D eigenvalue weighted by Gasteiger charge is 2.23. The Balaban J connectivity index is 1.92. The summed E-state index contributed by atoms with van der Waals surface area (Å²) in [5.74, 6) is 1.10. The molecule has 5 heteroatoms. The van der Waals surface area contributed by atoms with Gasteiger partial charge in [0.05, 0.1) is 10.2 Å². The largest absolute Gasteiger partial charge is 0.242 e. The minimum absolute atomic E-state index is 1.10. The van der Waals surface area contributed by atoms with E-state index in [2.05, 4.69) is 23.8 Å². The molecule has 0 saturated carbocycles. The van der Waals surface area contributed by atoms with Gasteiger partial charge in [0.2, 0.25) is 0 Å². The van der Waals surface area contributed by atoms with Crippen LogP contribution in [0.1, 0.15) is 56.4 Å². The zero-order valence-electron chi connectivity index (χ0n) is 14.4. The van der Waals surface area contributed by atoms with Crippen LogP contribution >= 0.6 is 23.1 Å². The number of aromatic nitrogens is 3. The molecule has 3 aromatic heterocycles. The predicted molar refractivity (Wildman–Crippen MR) is 104 cm³/mol. The van der Waals surface area contributed by atoms with E-state index in [1.807, 2.05) is 11.8 Å². The fraction of sp³-hybridized carbons (Fsp3) is 0.526. The zero-order valence-corrected chi connectivity index (χ0v) is 16.0. The zero-order chi connectivity index (χ0) is 16.5. The maximum atomic E-state index is 5.08. The van der Waals surface area contributed by atoms with E-state index in [1.54, 1.807) is 17.7 Å². The van der Waals surface area contributed by atoms with Gasteiger partial charge < -0.3 is 0 Å². The van der Waals surface area contributed by atoms with E-state index in [1.165, 1.54) is 63.8 Å². The topological polar surface area (TPSA) is 38.7 Å². The summed E-state index contributed by atoms with van der Waals surface area (Å²) in [6.07, 6.45) is 10.1. The number of pyridine rings is 1. The smallest absolute Gasteiger partial charge is 0.126 e. The Labute approximate surface area is 151 Å². The van der Waals surface area contributed by atoms with Gasteiger partial charge in [0, 0.05) is 11.1 Å². The summed E-state index contributed by atoms with van der Waals surface area (Å²) in [7, 11) is 0. The van der Waals surface area contributed by atoms with Crippen LogP contribution < -0.4 is 0 Å². The van der Waals surface area contributed by atoms with E-state index in [9.17, 15) is 0 Å². The highest BCUT2D eigenvalue weighted by Crippen LogP contribution is 2.42. The van der Waals surface area contributed by atoms with Crippen LogP contribution in [0.4, 0.5) is 0 Å². The van der Waals surface area contributed by atoms with Crippen molar-refractivity contribution in [2.75, 3.05) is 5.75 Å². The second kappa shape index (κ2) is 6.96. The van der Waals surface area contributed by atoms with Gasteiger partial charge in [-0.1, -0.05) is 20.3 Å². The summed E-state index contributed by atoms with van der Waals surface area (Å²) < 4.78 is 1.24. The Morgan fingerprint density at radius 1 is 1.12 bits per heavy atom. The van der Waals surface area contributed by atoms with Gasteiger partial charge in [-0.3, -0.25) is 0 Å². The molecular formula is C19H23N3S2. The average Bonchev–Trinajstić information content (AvgIpc) is 3.21. The van der Waals surface area contributed by atoms with Crippen molar-refractivity contribution in [3.63, 3.8) is 0 Å². The molecule has 1 aliphatic rings. The van der Waals surface area contributed by atoms with Crippen molar-refractivity contribution < 1.29 is 0 Å². The van der Waals surface area contributed by atoms with Gasteiger partial charge in [-0.25, -0.2) is 15.0 Å². The molecule has 0 spiro atoms. The molecule has 3 aromatic rings. The van der Waals surface area contributed by atoms with Crippen molar-refractivity contribution in [3.8, 4) is 0 Å². The number of fused-ring (bicyclic) bond motifs is 5. The number of unbranched alkanes of at least 4 members (excludes halogenated alkanes) is 1. The Kier molecular flexibility index (Phi) is 4.72. The van der Waals surface area contributed by atoms with Crippen molar-refractivity contribution in [1.29, 1.82) is 0 Å². The highest BCUT2D eigenvalue weighted by molar-refractivity contribution is 7.99. The highest BCUT2D eigenvalue weighted by atomic mass is 32.2. The molecule has 0 aromatic carbocycles. The van der Waals surface area contributed by atoms with Gasteiger partial charge in [0.15, 0.2) is 0 Å². The van der Waals surface area contributed by atoms with Crippen LogP contribution in [0.5, 0.6) is 0 Å². The third-order valence-electron chi connectivity index (χ3n) is 4.74. The van der Waals surface area contributed by atoms with Crippen LogP contribution in [0.3, 0.4) is 0 Å². The lowest BCUT2D eigenvalue weighted by molar-refractivity contribution is 0.770. The molecule has 0 amide bonds. The number of nitrogens with zero attached hydrogens (tertiary/aromatic N) is 3. The first-order valence-electron chi connectivity index (χ1n) is 9.04. The number of aryl methyl sites for hydroxylation is 2. The van der Waals surface area contributed by atoms with Crippen molar-refractivity contribution in [3.05, 3.63) is 23.1 Å². The van der Waals surface area contributed by atoms with Crippen LogP contribution in [-0.4, -0.2) is 20.7 Å². The number of rotatable bonds is 6. The first-order chi connectivity index (χ1) is 11.8. The lowest BCUT2D eigenvalue weighted by Gasteiger charge is -2.08. The summed E-state index contributed by atoms with van der Waals surface area (Å²) in [4.78, 5) is 15.5. The van der Waals surface area contributed by atoms with Gasteiger partial charge >= 0.3 is 0 Å². The van der Waals surface area contributed by atoms with E-state index in [4.69, 9.17) is 4.98 Å². The van der Waals surface area contributed by atoms with E-state index < -0.39 is 0 Å². The fourth-order valence-corrected chi connectivity index (χ4v) is 5.72. The molecule has 0 fully saturated rings. The molecule has 24 heavy (non-hydrogen) atoms. The van der Waals surface area contributed by atoms with Crippen molar-refractivity contribution >= 4 is 43.5 Å². The van der Waals surface area contributed by atoms with Crippen LogP contribution in [0.2, 0.25) is 0 Å². The summed E-state index contributed by atoms with van der Waals surface area (Å²) in [5.41, 5.74) is 5.54. The van der Waals surface area contributed by atoms with E-state index >= 15 is 0 Å². The Morgan fingerprint density at radius 3 is 2.83 bits per heavy atom. The van der Waals surface area contributed by atoms with Crippen LogP contribution in [0.25, 0.3) is 20.4 Å². The van der Waals surface area contributed by atoms with Crippen molar-refractivity contribution in [1.82, 2.24) is 15.0 Å². The summed E-state index contributed by atoms with van der Waals surface area (Å²) in [6.45, 7) is 4.47. The second-order valence-corrected chi connectivity index (χ2v) is 8.54. The Bertz CT molecular complexity index is 885. The third-order valence-corrected chi connectivity index (χ3v) is 7.14. The maximum absolute atomic E-state index is 5.08. The van der Waals surface area contributed by atoms with Gasteiger partial charge in [-0.05, 0) is 55.4 Å². The minimum Gasteiger partial charge on any atom is -0.242 e. The van der Waals surface area contributed by atoms with E-state index in [0.717, 1.165) is 29.1 Å². The molecule has 0 N–H and O–H groups in total. The molecule has 0 aliphatic heterocycles. The molecule has 3 heterocycles. The van der Waals surface area contributed by atoms with Gasteiger partial charge in [-0.15, -0.1) is 23.1 Å². The Hall–Kier alpha value is -1.20. The average molecular weight is 358 g/mol. The molecule has 0 saturated heterocycles. The molecule has 0 radical (unpaired) electrons. The first kappa shape index (κ1) is 16.3. The SMILES string of the molecule is CCCCc1nc2sc3c(SCCC)ncnc3c2c2c1CCC2. The summed E-state index contributed by atoms with van der Waals surface area (Å²) >= 11 is 3.64. The van der Waals surface area contributed by atoms with Gasteiger partial charge in [0.1, 0.15) is 16.2 Å². The van der Waals surface area contributed by atoms with E-state index in [0.29, 0.717) is 0 Å². The van der Waals surface area contributed by atoms with Crippen molar-refractivity contribution in [2.45, 2.75) is 63.8 Å². The normalized spacial score (nSPS) is 13.9. The predicted octanol–water partition coefficient (Wildman–Crippen LogP) is 5.57. The van der Waals surface area contributed by atoms with Gasteiger partial charge in [0.25, 0.3) is 0 Å². The molecule has 0 unspecified atom stereocenters.